The minimum absolute atomic E-state index is 0.125. The molecule has 1 heterocycles. The minimum Gasteiger partial charge on any atom is -0.279 e. The standard InChI is InChI=1S/C19H24N2O4S2/c1-14-6-8-18(15(2)12-14)20-27(24,25)19-9-7-17(13-16(19)3)21-10-4-5-11-26(21,22)23/h6-9,12-13,20H,4-5,10-11H2,1-3H3. The number of aryl methyl sites for hydroxylation is 3. The molecule has 1 fully saturated rings. The summed E-state index contributed by atoms with van der Waals surface area (Å²) in [7, 11) is -7.11. The molecule has 6 nitrogen and oxygen atoms in total. The molecule has 0 atom stereocenters. The van der Waals surface area contributed by atoms with E-state index in [1.807, 2.05) is 26.0 Å². The Morgan fingerprint density at radius 1 is 0.963 bits per heavy atom. The van der Waals surface area contributed by atoms with Gasteiger partial charge in [-0.1, -0.05) is 17.7 Å². The lowest BCUT2D eigenvalue weighted by Crippen LogP contribution is -2.37. The Bertz CT molecular complexity index is 1080. The third-order valence-electron chi connectivity index (χ3n) is 4.71. The third-order valence-corrected chi connectivity index (χ3v) is 8.11. The Morgan fingerprint density at radius 2 is 1.70 bits per heavy atom. The molecule has 2 aromatic carbocycles. The zero-order chi connectivity index (χ0) is 19.8. The van der Waals surface area contributed by atoms with Crippen molar-refractivity contribution < 1.29 is 16.8 Å². The van der Waals surface area contributed by atoms with Crippen molar-refractivity contribution >= 4 is 31.4 Å². The van der Waals surface area contributed by atoms with E-state index in [0.717, 1.165) is 17.5 Å². The van der Waals surface area contributed by atoms with E-state index in [4.69, 9.17) is 0 Å². The van der Waals surface area contributed by atoms with Crippen LogP contribution in [-0.4, -0.2) is 29.1 Å². The highest BCUT2D eigenvalue weighted by Gasteiger charge is 2.27. The number of nitrogens with zero attached hydrogens (tertiary/aromatic N) is 1. The first kappa shape index (κ1) is 19.7. The molecule has 8 heteroatoms. The van der Waals surface area contributed by atoms with Gasteiger partial charge in [0.25, 0.3) is 10.0 Å². The Hall–Kier alpha value is -2.06. The lowest BCUT2D eigenvalue weighted by Gasteiger charge is -2.28. The van der Waals surface area contributed by atoms with Crippen molar-refractivity contribution in [1.82, 2.24) is 0 Å². The Morgan fingerprint density at radius 3 is 2.33 bits per heavy atom. The Kier molecular flexibility index (Phi) is 5.22. The first-order valence-electron chi connectivity index (χ1n) is 8.81. The number of anilines is 2. The van der Waals surface area contributed by atoms with Crippen molar-refractivity contribution in [2.24, 2.45) is 0 Å². The minimum atomic E-state index is -3.77. The van der Waals surface area contributed by atoms with Crippen LogP contribution in [0.2, 0.25) is 0 Å². The Balaban J connectivity index is 1.93. The SMILES string of the molecule is Cc1ccc(NS(=O)(=O)c2ccc(N3CCCCS3(=O)=O)cc2C)c(C)c1. The molecule has 0 radical (unpaired) electrons. The van der Waals surface area contributed by atoms with E-state index in [2.05, 4.69) is 4.72 Å². The summed E-state index contributed by atoms with van der Waals surface area (Å²) >= 11 is 0. The summed E-state index contributed by atoms with van der Waals surface area (Å²) in [4.78, 5) is 0.139. The monoisotopic (exact) mass is 408 g/mol. The molecule has 27 heavy (non-hydrogen) atoms. The number of benzene rings is 2. The molecule has 146 valence electrons. The lowest BCUT2D eigenvalue weighted by molar-refractivity contribution is 0.574. The van der Waals surface area contributed by atoms with Crippen molar-refractivity contribution in [3.8, 4) is 0 Å². The molecule has 1 saturated heterocycles. The summed E-state index contributed by atoms with van der Waals surface area (Å²) in [6.07, 6.45) is 1.46. The highest BCUT2D eigenvalue weighted by atomic mass is 32.2. The lowest BCUT2D eigenvalue weighted by atomic mass is 10.1. The molecule has 0 bridgehead atoms. The van der Waals surface area contributed by atoms with Crippen molar-refractivity contribution in [3.05, 3.63) is 53.1 Å². The molecule has 2 aromatic rings. The van der Waals surface area contributed by atoms with E-state index in [9.17, 15) is 16.8 Å². The van der Waals surface area contributed by atoms with Gasteiger partial charge in [0, 0.05) is 6.54 Å². The van der Waals surface area contributed by atoms with Crippen molar-refractivity contribution in [3.63, 3.8) is 0 Å². The van der Waals surface area contributed by atoms with Gasteiger partial charge < -0.3 is 0 Å². The van der Waals surface area contributed by atoms with Crippen molar-refractivity contribution in [1.29, 1.82) is 0 Å². The van der Waals surface area contributed by atoms with Gasteiger partial charge in [0.1, 0.15) is 0 Å². The van der Waals surface area contributed by atoms with Crippen LogP contribution in [0, 0.1) is 20.8 Å². The first-order chi connectivity index (χ1) is 12.6. The summed E-state index contributed by atoms with van der Waals surface area (Å²) < 4.78 is 54.2. The maximum Gasteiger partial charge on any atom is 0.262 e. The fourth-order valence-electron chi connectivity index (χ4n) is 3.30. The zero-order valence-electron chi connectivity index (χ0n) is 15.7. The van der Waals surface area contributed by atoms with E-state index in [0.29, 0.717) is 29.9 Å². The molecule has 1 N–H and O–H groups in total. The van der Waals surface area contributed by atoms with E-state index < -0.39 is 20.0 Å². The second-order valence-electron chi connectivity index (χ2n) is 6.97. The van der Waals surface area contributed by atoms with Gasteiger partial charge in [-0.2, -0.15) is 0 Å². The highest BCUT2D eigenvalue weighted by Crippen LogP contribution is 2.29. The molecular weight excluding hydrogens is 384 g/mol. The van der Waals surface area contributed by atoms with Gasteiger partial charge in [-0.25, -0.2) is 16.8 Å². The smallest absolute Gasteiger partial charge is 0.262 e. The third kappa shape index (κ3) is 4.11. The van der Waals surface area contributed by atoms with Crippen LogP contribution in [0.5, 0.6) is 0 Å². The summed E-state index contributed by atoms with van der Waals surface area (Å²) in [5.41, 5.74) is 3.44. The van der Waals surface area contributed by atoms with Crippen LogP contribution in [0.4, 0.5) is 11.4 Å². The molecule has 0 unspecified atom stereocenters. The number of rotatable bonds is 4. The van der Waals surface area contributed by atoms with E-state index in [1.54, 1.807) is 25.1 Å². The molecule has 0 amide bonds. The fraction of sp³-hybridized carbons (Fsp3) is 0.368. The second kappa shape index (κ2) is 7.16. The van der Waals surface area contributed by atoms with Gasteiger partial charge in [0.05, 0.1) is 22.0 Å². The summed E-state index contributed by atoms with van der Waals surface area (Å²) in [6.45, 7) is 5.90. The summed E-state index contributed by atoms with van der Waals surface area (Å²) in [5.74, 6) is 0.125. The van der Waals surface area contributed by atoms with Gasteiger partial charge in [-0.05, 0) is 69.0 Å². The van der Waals surface area contributed by atoms with Crippen molar-refractivity contribution in [2.75, 3.05) is 21.3 Å². The van der Waals surface area contributed by atoms with Gasteiger partial charge in [0.15, 0.2) is 0 Å². The van der Waals surface area contributed by atoms with Gasteiger partial charge in [0.2, 0.25) is 10.0 Å². The van der Waals surface area contributed by atoms with Gasteiger partial charge in [-0.3, -0.25) is 9.03 Å². The quantitative estimate of drug-likeness (QED) is 0.841. The number of nitrogens with one attached hydrogen (secondary N) is 1. The van der Waals surface area contributed by atoms with Crippen LogP contribution in [-0.2, 0) is 20.0 Å². The number of hydrogen-bond acceptors (Lipinski definition) is 4. The molecule has 0 aromatic heterocycles. The van der Waals surface area contributed by atoms with E-state index in [-0.39, 0.29) is 10.6 Å². The average molecular weight is 409 g/mol. The molecule has 1 aliphatic heterocycles. The Labute approximate surface area is 161 Å². The largest absolute Gasteiger partial charge is 0.279 e. The summed E-state index contributed by atoms with van der Waals surface area (Å²) in [5, 5.41) is 0. The molecule has 1 aliphatic rings. The van der Waals surface area contributed by atoms with Crippen LogP contribution in [0.3, 0.4) is 0 Å². The molecule has 0 saturated carbocycles. The van der Waals surface area contributed by atoms with E-state index in [1.165, 1.54) is 10.4 Å². The highest BCUT2D eigenvalue weighted by molar-refractivity contribution is 7.93. The average Bonchev–Trinajstić information content (AvgIpc) is 2.56. The molecule has 0 aliphatic carbocycles. The predicted octanol–water partition coefficient (Wildman–Crippen LogP) is 3.34. The van der Waals surface area contributed by atoms with E-state index >= 15 is 0 Å². The van der Waals surface area contributed by atoms with Gasteiger partial charge >= 0.3 is 0 Å². The molecule has 3 rings (SSSR count). The second-order valence-corrected chi connectivity index (χ2v) is 10.6. The maximum absolute atomic E-state index is 12.8. The number of sulfonamides is 2. The van der Waals surface area contributed by atoms with Gasteiger partial charge in [-0.15, -0.1) is 0 Å². The number of hydrogen-bond donors (Lipinski definition) is 1. The van der Waals surface area contributed by atoms with Crippen molar-refractivity contribution in [2.45, 2.75) is 38.5 Å². The molecule has 0 spiro atoms. The zero-order valence-corrected chi connectivity index (χ0v) is 17.3. The fourth-order valence-corrected chi connectivity index (χ4v) is 6.29. The maximum atomic E-state index is 12.8. The van der Waals surface area contributed by atoms with Crippen LogP contribution in [0.1, 0.15) is 29.5 Å². The first-order valence-corrected chi connectivity index (χ1v) is 11.9. The normalized spacial score (nSPS) is 16.9. The van der Waals surface area contributed by atoms with Crippen LogP contribution < -0.4 is 9.03 Å². The van der Waals surface area contributed by atoms with Crippen LogP contribution in [0.25, 0.3) is 0 Å². The van der Waals surface area contributed by atoms with Crippen LogP contribution in [0.15, 0.2) is 41.3 Å². The molecular formula is C19H24N2O4S2. The summed E-state index contributed by atoms with van der Waals surface area (Å²) in [6, 6.07) is 10.2. The van der Waals surface area contributed by atoms with Crippen LogP contribution >= 0.6 is 0 Å². The predicted molar refractivity (Wildman–Crippen MR) is 108 cm³/mol. The topological polar surface area (TPSA) is 83.6 Å².